The summed E-state index contributed by atoms with van der Waals surface area (Å²) in [7, 11) is 0. The quantitative estimate of drug-likeness (QED) is 0.417. The molecule has 0 amide bonds. The molecular weight excluding hydrogens is 367 g/mol. The molecule has 13 heteroatoms. The van der Waals surface area contributed by atoms with Crippen LogP contribution in [0.15, 0.2) is 0 Å². The normalized spacial score (nSPS) is 19.2. The van der Waals surface area contributed by atoms with Gasteiger partial charge in [0.05, 0.1) is 13.2 Å². The Morgan fingerprint density at radius 3 is 1.87 bits per heavy atom. The van der Waals surface area contributed by atoms with Gasteiger partial charge in [0.2, 0.25) is 0 Å². The summed E-state index contributed by atoms with van der Waals surface area (Å²) in [5.41, 5.74) is 0. The summed E-state index contributed by atoms with van der Waals surface area (Å²) >= 11 is -1.15. The number of hydrogen-bond acceptors (Lipinski definition) is 4. The van der Waals surface area contributed by atoms with Gasteiger partial charge in [0.25, 0.3) is 0 Å². The topological polar surface area (TPSA) is 24.5 Å². The third-order valence-electron chi connectivity index (χ3n) is 2.95. The number of ether oxygens (including phenoxy) is 1. The molecule has 0 unspecified atom stereocenters. The summed E-state index contributed by atoms with van der Waals surface area (Å²) in [6.45, 7) is 1.51. The molecule has 0 bridgehead atoms. The lowest BCUT2D eigenvalue weighted by atomic mass is 10.1. The highest BCUT2D eigenvalue weighted by atomic mass is 32.2. The van der Waals surface area contributed by atoms with E-state index in [0.717, 1.165) is 0 Å². The molecule has 1 N–H and O–H groups in total. The Kier molecular flexibility index (Phi) is 6.49. The van der Waals surface area contributed by atoms with Crippen molar-refractivity contribution in [2.24, 2.45) is 0 Å². The van der Waals surface area contributed by atoms with Crippen LogP contribution in [0.1, 0.15) is 0 Å². The van der Waals surface area contributed by atoms with Gasteiger partial charge in [-0.15, -0.1) is 0 Å². The molecule has 1 rings (SSSR count). The molecule has 23 heavy (non-hydrogen) atoms. The Morgan fingerprint density at radius 2 is 1.39 bits per heavy atom. The summed E-state index contributed by atoms with van der Waals surface area (Å²) in [5.74, 6) is -13.5. The van der Waals surface area contributed by atoms with Gasteiger partial charge in [0, 0.05) is 38.1 Å². The van der Waals surface area contributed by atoms with Crippen LogP contribution >= 0.6 is 11.9 Å². The number of nitrogens with one attached hydrogen (secondary N) is 1. The van der Waals surface area contributed by atoms with Crippen molar-refractivity contribution in [1.82, 2.24) is 9.62 Å². The molecule has 3 nitrogen and oxygen atoms in total. The van der Waals surface area contributed by atoms with Crippen molar-refractivity contribution in [2.45, 2.75) is 23.3 Å². The van der Waals surface area contributed by atoms with E-state index in [4.69, 9.17) is 4.74 Å². The van der Waals surface area contributed by atoms with Gasteiger partial charge in [-0.2, -0.15) is 39.5 Å². The summed E-state index contributed by atoms with van der Waals surface area (Å²) in [4.78, 5) is 1.72. The highest BCUT2D eigenvalue weighted by Crippen LogP contribution is 2.55. The zero-order valence-electron chi connectivity index (χ0n) is 11.4. The number of rotatable bonds is 7. The Hall–Kier alpha value is -0.400. The van der Waals surface area contributed by atoms with Crippen LogP contribution in [0.25, 0.3) is 0 Å². The third kappa shape index (κ3) is 4.57. The van der Waals surface area contributed by atoms with E-state index >= 15 is 0 Å². The van der Waals surface area contributed by atoms with Crippen molar-refractivity contribution >= 4 is 11.9 Å². The maximum absolute atomic E-state index is 13.1. The van der Waals surface area contributed by atoms with Crippen molar-refractivity contribution in [3.8, 4) is 0 Å². The van der Waals surface area contributed by atoms with Crippen LogP contribution in [0.5, 0.6) is 0 Å². The Bertz CT molecular complexity index is 385. The van der Waals surface area contributed by atoms with Gasteiger partial charge in [0.15, 0.2) is 0 Å². The van der Waals surface area contributed by atoms with E-state index in [2.05, 4.69) is 0 Å². The standard InChI is InChI=1S/C10H13F9N2OS/c11-7(12,9(15,16)17)8(13,14)10(18,19)23-20-1-2-21-3-5-22-6-4-21/h20H,1-6H2. The average molecular weight is 380 g/mol. The van der Waals surface area contributed by atoms with Crippen molar-refractivity contribution < 1.29 is 44.3 Å². The molecule has 0 spiro atoms. The number of alkyl halides is 9. The summed E-state index contributed by atoms with van der Waals surface area (Å²) in [6.07, 6.45) is -6.80. The minimum atomic E-state index is -6.86. The summed E-state index contributed by atoms with van der Waals surface area (Å²) < 4.78 is 120. The van der Waals surface area contributed by atoms with E-state index in [1.165, 1.54) is 0 Å². The molecule has 1 fully saturated rings. The zero-order chi connectivity index (χ0) is 17.9. The van der Waals surface area contributed by atoms with Crippen LogP contribution in [0.4, 0.5) is 39.5 Å². The fraction of sp³-hybridized carbons (Fsp3) is 1.00. The number of morpholine rings is 1. The van der Waals surface area contributed by atoms with Crippen molar-refractivity contribution in [2.75, 3.05) is 39.4 Å². The molecule has 0 aromatic heterocycles. The van der Waals surface area contributed by atoms with Crippen LogP contribution < -0.4 is 4.72 Å². The first-order valence-electron chi connectivity index (χ1n) is 6.24. The maximum atomic E-state index is 13.1. The molecule has 0 aromatic carbocycles. The molecule has 0 saturated carbocycles. The van der Waals surface area contributed by atoms with E-state index in [0.29, 0.717) is 26.3 Å². The fourth-order valence-corrected chi connectivity index (χ4v) is 2.23. The van der Waals surface area contributed by atoms with Crippen molar-refractivity contribution in [3.05, 3.63) is 0 Å². The van der Waals surface area contributed by atoms with Gasteiger partial charge in [-0.3, -0.25) is 9.62 Å². The molecule has 138 valence electrons. The van der Waals surface area contributed by atoms with Crippen LogP contribution in [0.2, 0.25) is 0 Å². The largest absolute Gasteiger partial charge is 0.460 e. The molecule has 0 atom stereocenters. The first kappa shape index (κ1) is 20.6. The molecule has 1 aliphatic heterocycles. The third-order valence-corrected chi connectivity index (χ3v) is 3.81. The Balaban J connectivity index is 2.56. The molecule has 0 aliphatic carbocycles. The maximum Gasteiger partial charge on any atom is 0.460 e. The van der Waals surface area contributed by atoms with Gasteiger partial charge in [-0.05, 0) is 0 Å². The average Bonchev–Trinajstić information content (AvgIpc) is 2.43. The second-order valence-corrected chi connectivity index (χ2v) is 5.62. The van der Waals surface area contributed by atoms with Crippen molar-refractivity contribution in [3.63, 3.8) is 0 Å². The predicted molar refractivity (Wildman–Crippen MR) is 63.7 cm³/mol. The van der Waals surface area contributed by atoms with Crippen LogP contribution in [-0.4, -0.2) is 67.6 Å². The monoisotopic (exact) mass is 380 g/mol. The first-order valence-corrected chi connectivity index (χ1v) is 7.06. The Labute approximate surface area is 129 Å². The van der Waals surface area contributed by atoms with E-state index in [-0.39, 0.29) is 13.1 Å². The second kappa shape index (κ2) is 7.23. The molecular formula is C10H13F9N2OS. The van der Waals surface area contributed by atoms with Crippen LogP contribution in [0, 0.1) is 0 Å². The lowest BCUT2D eigenvalue weighted by Gasteiger charge is -2.33. The van der Waals surface area contributed by atoms with Gasteiger partial charge < -0.3 is 4.74 Å². The lowest BCUT2D eigenvalue weighted by molar-refractivity contribution is -0.381. The van der Waals surface area contributed by atoms with Gasteiger partial charge in [-0.25, -0.2) is 0 Å². The van der Waals surface area contributed by atoms with E-state index in [1.807, 2.05) is 0 Å². The smallest absolute Gasteiger partial charge is 0.379 e. The molecule has 1 saturated heterocycles. The summed E-state index contributed by atoms with van der Waals surface area (Å²) in [6, 6.07) is 0. The fourth-order valence-electron chi connectivity index (χ4n) is 1.60. The van der Waals surface area contributed by atoms with E-state index in [1.54, 1.807) is 9.62 Å². The molecule has 1 heterocycles. The van der Waals surface area contributed by atoms with Gasteiger partial charge in [-0.1, -0.05) is 0 Å². The van der Waals surface area contributed by atoms with E-state index in [9.17, 15) is 39.5 Å². The summed E-state index contributed by atoms with van der Waals surface area (Å²) in [5, 5.41) is -5.66. The van der Waals surface area contributed by atoms with Gasteiger partial charge >= 0.3 is 23.3 Å². The first-order chi connectivity index (χ1) is 10.3. The number of nitrogens with zero attached hydrogens (tertiary/aromatic N) is 1. The molecule has 1 aliphatic rings. The minimum absolute atomic E-state index is 0.119. The van der Waals surface area contributed by atoms with Crippen LogP contribution in [0.3, 0.4) is 0 Å². The Morgan fingerprint density at radius 1 is 0.870 bits per heavy atom. The SMILES string of the molecule is FC(F)(F)C(F)(F)C(F)(F)C(F)(F)SNCCN1CCOCC1. The number of hydrogen-bond donors (Lipinski definition) is 1. The van der Waals surface area contributed by atoms with Crippen molar-refractivity contribution in [1.29, 1.82) is 0 Å². The highest BCUT2D eigenvalue weighted by molar-refractivity contribution is 7.98. The zero-order valence-corrected chi connectivity index (χ0v) is 12.2. The highest BCUT2D eigenvalue weighted by Gasteiger charge is 2.82. The molecule has 0 aromatic rings. The van der Waals surface area contributed by atoms with Crippen LogP contribution in [-0.2, 0) is 4.74 Å². The predicted octanol–water partition coefficient (Wildman–Crippen LogP) is 2.98. The lowest BCUT2D eigenvalue weighted by Crippen LogP contribution is -2.60. The second-order valence-electron chi connectivity index (χ2n) is 4.61. The number of halogens is 9. The van der Waals surface area contributed by atoms with E-state index < -0.39 is 35.2 Å². The minimum Gasteiger partial charge on any atom is -0.379 e. The molecule has 0 radical (unpaired) electrons. The van der Waals surface area contributed by atoms with Gasteiger partial charge in [0.1, 0.15) is 0 Å².